The average Bonchev–Trinajstić information content (AvgIpc) is 3.95. The third kappa shape index (κ3) is 6.72. The molecule has 318 valence electrons. The van der Waals surface area contributed by atoms with Gasteiger partial charge in [0.1, 0.15) is 0 Å². The molecular formula is C61H39N7. The van der Waals surface area contributed by atoms with Crippen LogP contribution >= 0.6 is 0 Å². The molecule has 13 rings (SSSR count). The summed E-state index contributed by atoms with van der Waals surface area (Å²) in [5.74, 6) is 2.23. The summed E-state index contributed by atoms with van der Waals surface area (Å²) in [7, 11) is 0. The zero-order chi connectivity index (χ0) is 45.0. The van der Waals surface area contributed by atoms with E-state index in [2.05, 4.69) is 185 Å². The monoisotopic (exact) mass is 869 g/mol. The number of rotatable bonds is 8. The van der Waals surface area contributed by atoms with Crippen LogP contribution < -0.4 is 0 Å². The second kappa shape index (κ2) is 16.3. The van der Waals surface area contributed by atoms with Crippen LogP contribution in [0.3, 0.4) is 0 Å². The van der Waals surface area contributed by atoms with E-state index in [1.165, 1.54) is 5.39 Å². The summed E-state index contributed by atoms with van der Waals surface area (Å²) in [6.45, 7) is 0. The van der Waals surface area contributed by atoms with Gasteiger partial charge in [-0.2, -0.15) is 9.97 Å². The quantitative estimate of drug-likeness (QED) is 0.152. The zero-order valence-corrected chi connectivity index (χ0v) is 36.6. The van der Waals surface area contributed by atoms with Crippen molar-refractivity contribution in [3.05, 3.63) is 237 Å². The molecule has 7 heteroatoms. The lowest BCUT2D eigenvalue weighted by molar-refractivity contribution is 0.953. The Kier molecular flexibility index (Phi) is 9.35. The lowest BCUT2D eigenvalue weighted by Crippen LogP contribution is -2.07. The van der Waals surface area contributed by atoms with E-state index in [0.29, 0.717) is 23.4 Å². The van der Waals surface area contributed by atoms with E-state index in [-0.39, 0.29) is 0 Å². The van der Waals surface area contributed by atoms with E-state index in [1.54, 1.807) is 0 Å². The molecule has 0 saturated carbocycles. The Bertz CT molecular complexity index is 3950. The van der Waals surface area contributed by atoms with Gasteiger partial charge in [0, 0.05) is 55.0 Å². The lowest BCUT2D eigenvalue weighted by atomic mass is 10.1. The fourth-order valence-electron chi connectivity index (χ4n) is 9.63. The second-order valence-electron chi connectivity index (χ2n) is 16.9. The smallest absolute Gasteiger partial charge is 0.238 e. The Morgan fingerprint density at radius 2 is 0.676 bits per heavy atom. The van der Waals surface area contributed by atoms with Gasteiger partial charge in [-0.05, 0) is 47.5 Å². The normalized spacial score (nSPS) is 11.5. The molecule has 0 bridgehead atoms. The highest BCUT2D eigenvalue weighted by Gasteiger charge is 2.24. The molecule has 0 aliphatic carbocycles. The van der Waals surface area contributed by atoms with E-state index in [4.69, 9.17) is 24.9 Å². The fraction of sp³-hybridized carbons (Fsp3) is 0. The highest BCUT2D eigenvalue weighted by atomic mass is 15.2. The first-order chi connectivity index (χ1) is 33.7. The summed E-state index contributed by atoms with van der Waals surface area (Å²) in [4.78, 5) is 26.4. The molecule has 0 radical (unpaired) electrons. The summed E-state index contributed by atoms with van der Waals surface area (Å²) < 4.78 is 4.65. The number of benzene rings is 9. The molecule has 9 aromatic carbocycles. The van der Waals surface area contributed by atoms with Crippen molar-refractivity contribution in [1.29, 1.82) is 0 Å². The van der Waals surface area contributed by atoms with Gasteiger partial charge in [-0.15, -0.1) is 0 Å². The molecule has 4 aromatic heterocycles. The topological polar surface area (TPSA) is 74.3 Å². The van der Waals surface area contributed by atoms with Crippen LogP contribution in [0, 0.1) is 0 Å². The molecule has 0 N–H and O–H groups in total. The Morgan fingerprint density at radius 1 is 0.250 bits per heavy atom. The number of nitrogens with zero attached hydrogens (tertiary/aromatic N) is 7. The molecule has 0 amide bonds. The van der Waals surface area contributed by atoms with E-state index >= 15 is 0 Å². The minimum absolute atomic E-state index is 0.515. The van der Waals surface area contributed by atoms with Gasteiger partial charge < -0.3 is 4.57 Å². The first kappa shape index (κ1) is 39.1. The van der Waals surface area contributed by atoms with Gasteiger partial charge in [0.15, 0.2) is 17.5 Å². The Hall–Kier alpha value is -9.33. The summed E-state index contributed by atoms with van der Waals surface area (Å²) >= 11 is 0. The highest BCUT2D eigenvalue weighted by molar-refractivity contribution is 6.23. The maximum Gasteiger partial charge on any atom is 0.238 e. The summed E-state index contributed by atoms with van der Waals surface area (Å²) in [5.41, 5.74) is 13.8. The molecule has 0 aliphatic heterocycles. The standard InChI is InChI=1S/C61H39N7/c1-5-19-40(20-6-1)44-27-18-30-47(38-44)67-54-33-15-13-31-48(54)50-35-36-51-49-32-14-16-34-55(49)68(57(51)56(50)67)61-65-58(43-25-11-4-12-26-43)64-60(66-61)46-29-17-28-45(37-46)59-62-52(41-21-7-2-8-22-41)39-53(63-59)42-23-9-3-10-24-42/h1-39H. The molecule has 0 aliphatic rings. The van der Waals surface area contributed by atoms with E-state index in [9.17, 15) is 0 Å². The third-order valence-corrected chi connectivity index (χ3v) is 12.8. The van der Waals surface area contributed by atoms with Crippen LogP contribution in [0.15, 0.2) is 237 Å². The molecule has 0 atom stereocenters. The lowest BCUT2D eigenvalue weighted by Gasteiger charge is -2.14. The maximum absolute atomic E-state index is 5.44. The van der Waals surface area contributed by atoms with Gasteiger partial charge in [-0.25, -0.2) is 15.0 Å². The minimum Gasteiger partial charge on any atom is -0.307 e. The Balaban J connectivity index is 1.06. The van der Waals surface area contributed by atoms with Gasteiger partial charge in [-0.3, -0.25) is 4.57 Å². The van der Waals surface area contributed by atoms with Crippen molar-refractivity contribution in [3.8, 4) is 79.4 Å². The Labute approximate surface area is 392 Å². The number of fused-ring (bicyclic) bond motifs is 7. The molecule has 0 spiro atoms. The summed E-state index contributed by atoms with van der Waals surface area (Å²) in [6.07, 6.45) is 0. The molecule has 68 heavy (non-hydrogen) atoms. The molecule has 4 heterocycles. The minimum atomic E-state index is 0.515. The predicted octanol–water partition coefficient (Wildman–Crippen LogP) is 14.9. The van der Waals surface area contributed by atoms with Crippen molar-refractivity contribution < 1.29 is 0 Å². The fourth-order valence-corrected chi connectivity index (χ4v) is 9.63. The van der Waals surface area contributed by atoms with Crippen molar-refractivity contribution in [2.24, 2.45) is 0 Å². The first-order valence-corrected chi connectivity index (χ1v) is 22.8. The van der Waals surface area contributed by atoms with Gasteiger partial charge in [0.2, 0.25) is 5.95 Å². The second-order valence-corrected chi connectivity index (χ2v) is 16.9. The number of para-hydroxylation sites is 2. The molecular weight excluding hydrogens is 831 g/mol. The molecule has 0 saturated heterocycles. The van der Waals surface area contributed by atoms with Crippen molar-refractivity contribution in [1.82, 2.24) is 34.1 Å². The Morgan fingerprint density at radius 3 is 1.26 bits per heavy atom. The van der Waals surface area contributed by atoms with Gasteiger partial charge in [0.05, 0.1) is 33.5 Å². The molecule has 13 aromatic rings. The number of hydrogen-bond donors (Lipinski definition) is 0. The van der Waals surface area contributed by atoms with Crippen LogP contribution in [0.1, 0.15) is 0 Å². The third-order valence-electron chi connectivity index (χ3n) is 12.8. The number of aromatic nitrogens is 7. The van der Waals surface area contributed by atoms with E-state index < -0.39 is 0 Å². The summed E-state index contributed by atoms with van der Waals surface area (Å²) in [6, 6.07) is 82.1. The van der Waals surface area contributed by atoms with Crippen LogP contribution in [0.5, 0.6) is 0 Å². The largest absolute Gasteiger partial charge is 0.307 e. The maximum atomic E-state index is 5.44. The van der Waals surface area contributed by atoms with Crippen LogP contribution in [-0.2, 0) is 0 Å². The van der Waals surface area contributed by atoms with Crippen molar-refractivity contribution in [2.45, 2.75) is 0 Å². The molecule has 0 fully saturated rings. The van der Waals surface area contributed by atoms with Gasteiger partial charge in [0.25, 0.3) is 0 Å². The van der Waals surface area contributed by atoms with Crippen LogP contribution in [0.4, 0.5) is 0 Å². The van der Waals surface area contributed by atoms with Crippen LogP contribution in [0.25, 0.3) is 123 Å². The van der Waals surface area contributed by atoms with E-state index in [0.717, 1.165) is 94.2 Å². The van der Waals surface area contributed by atoms with Crippen molar-refractivity contribution >= 4 is 43.6 Å². The van der Waals surface area contributed by atoms with E-state index in [1.807, 2.05) is 60.7 Å². The average molecular weight is 870 g/mol. The highest BCUT2D eigenvalue weighted by Crippen LogP contribution is 2.42. The molecule has 7 nitrogen and oxygen atoms in total. The molecule has 0 unspecified atom stereocenters. The first-order valence-electron chi connectivity index (χ1n) is 22.8. The summed E-state index contributed by atoms with van der Waals surface area (Å²) in [5, 5.41) is 4.51. The zero-order valence-electron chi connectivity index (χ0n) is 36.6. The van der Waals surface area contributed by atoms with Crippen molar-refractivity contribution in [2.75, 3.05) is 0 Å². The van der Waals surface area contributed by atoms with Crippen molar-refractivity contribution in [3.63, 3.8) is 0 Å². The number of hydrogen-bond acceptors (Lipinski definition) is 5. The van der Waals surface area contributed by atoms with Crippen LogP contribution in [-0.4, -0.2) is 34.1 Å². The van der Waals surface area contributed by atoms with Gasteiger partial charge >= 0.3 is 0 Å². The van der Waals surface area contributed by atoms with Gasteiger partial charge in [-0.1, -0.05) is 200 Å². The SMILES string of the molecule is c1ccc(-c2cccc(-n3c4ccccc4c4ccc5c6ccccc6n(-c6nc(-c7ccccc7)nc(-c7cccc(-c8nc(-c9ccccc9)cc(-c9ccccc9)n8)c7)n6)c5c43)c2)cc1. The predicted molar refractivity (Wildman–Crippen MR) is 277 cm³/mol. The van der Waals surface area contributed by atoms with Crippen LogP contribution in [0.2, 0.25) is 0 Å².